The lowest BCUT2D eigenvalue weighted by atomic mass is 10.1. The highest BCUT2D eigenvalue weighted by molar-refractivity contribution is 5.85. The molecule has 0 fully saturated rings. The second-order valence-electron chi connectivity index (χ2n) is 3.94. The fourth-order valence-electron chi connectivity index (χ4n) is 1.47. The third-order valence-electron chi connectivity index (χ3n) is 2.44. The first-order chi connectivity index (χ1) is 8.93. The van der Waals surface area contributed by atoms with E-state index in [1.54, 1.807) is 6.92 Å². The van der Waals surface area contributed by atoms with Crippen molar-refractivity contribution >= 4 is 24.2 Å². The van der Waals surface area contributed by atoms with E-state index >= 15 is 0 Å². The molecule has 0 aromatic heterocycles. The van der Waals surface area contributed by atoms with Gasteiger partial charge in [-0.25, -0.2) is 8.78 Å². The molecule has 1 rings (SSSR count). The monoisotopic (exact) mass is 307 g/mol. The van der Waals surface area contributed by atoms with Crippen LogP contribution in [0.2, 0.25) is 0 Å². The van der Waals surface area contributed by atoms with Crippen LogP contribution in [0.5, 0.6) is 0 Å². The molecular formula is C12H16ClF2N3O2. The number of hydrogen-bond donors (Lipinski definition) is 3. The van der Waals surface area contributed by atoms with Crippen molar-refractivity contribution in [2.75, 3.05) is 13.1 Å². The van der Waals surface area contributed by atoms with E-state index in [1.165, 1.54) is 6.07 Å². The van der Waals surface area contributed by atoms with Gasteiger partial charge in [0.25, 0.3) is 0 Å². The van der Waals surface area contributed by atoms with E-state index in [0.29, 0.717) is 0 Å². The van der Waals surface area contributed by atoms with Gasteiger partial charge < -0.3 is 16.4 Å². The van der Waals surface area contributed by atoms with Crippen LogP contribution in [0.3, 0.4) is 0 Å². The van der Waals surface area contributed by atoms with E-state index in [1.807, 2.05) is 0 Å². The predicted molar refractivity (Wildman–Crippen MR) is 72.2 cm³/mol. The van der Waals surface area contributed by atoms with E-state index in [4.69, 9.17) is 5.73 Å². The van der Waals surface area contributed by atoms with E-state index in [2.05, 4.69) is 10.6 Å². The number of halogens is 3. The van der Waals surface area contributed by atoms with E-state index in [-0.39, 0.29) is 31.1 Å². The molecular weight excluding hydrogens is 292 g/mol. The lowest BCUT2D eigenvalue weighted by Crippen LogP contribution is -2.40. The van der Waals surface area contributed by atoms with Crippen LogP contribution >= 0.6 is 12.4 Å². The molecule has 1 unspecified atom stereocenters. The minimum atomic E-state index is -0.737. The summed E-state index contributed by atoms with van der Waals surface area (Å²) in [6.07, 6.45) is 0. The number of amides is 2. The van der Waals surface area contributed by atoms with Crippen LogP contribution in [0.15, 0.2) is 18.2 Å². The maximum atomic E-state index is 13.4. The van der Waals surface area contributed by atoms with Gasteiger partial charge >= 0.3 is 0 Å². The van der Waals surface area contributed by atoms with Crippen LogP contribution in [-0.4, -0.2) is 24.9 Å². The van der Waals surface area contributed by atoms with Crippen LogP contribution < -0.4 is 16.4 Å². The molecule has 20 heavy (non-hydrogen) atoms. The third-order valence-corrected chi connectivity index (χ3v) is 2.44. The molecule has 1 atom stereocenters. The zero-order valence-corrected chi connectivity index (χ0v) is 11.6. The zero-order chi connectivity index (χ0) is 14.4. The number of carbonyl (C=O) groups is 2. The topological polar surface area (TPSA) is 84.2 Å². The fraction of sp³-hybridized carbons (Fsp3) is 0.333. The maximum absolute atomic E-state index is 13.4. The quantitative estimate of drug-likeness (QED) is 0.746. The smallest absolute Gasteiger partial charge is 0.239 e. The Balaban J connectivity index is 0.00000361. The summed E-state index contributed by atoms with van der Waals surface area (Å²) in [5.41, 5.74) is 5.22. The number of nitrogens with two attached hydrogens (primary N) is 1. The molecule has 1 aromatic rings. The maximum Gasteiger partial charge on any atom is 0.239 e. The Hall–Kier alpha value is -1.73. The molecule has 0 saturated carbocycles. The van der Waals surface area contributed by atoms with Crippen LogP contribution in [0.1, 0.15) is 18.5 Å². The molecule has 1 aromatic carbocycles. The Bertz CT molecular complexity index is 486. The third kappa shape index (κ3) is 5.50. The van der Waals surface area contributed by atoms with E-state index in [0.717, 1.165) is 12.1 Å². The molecule has 5 nitrogen and oxygen atoms in total. The standard InChI is InChI=1S/C12H15F2N3O2.ClH/c1-7(9-3-2-8(13)4-10(9)14)17-12(19)6-16-11(18)5-15;/h2-4,7H,5-6,15H2,1H3,(H,16,18)(H,17,19);1H. The molecule has 0 saturated heterocycles. The molecule has 0 heterocycles. The van der Waals surface area contributed by atoms with Crippen molar-refractivity contribution in [3.8, 4) is 0 Å². The van der Waals surface area contributed by atoms with Crippen molar-refractivity contribution in [2.45, 2.75) is 13.0 Å². The zero-order valence-electron chi connectivity index (χ0n) is 10.8. The van der Waals surface area contributed by atoms with Crippen molar-refractivity contribution in [1.29, 1.82) is 0 Å². The molecule has 0 aliphatic heterocycles. The van der Waals surface area contributed by atoms with Gasteiger partial charge in [0.1, 0.15) is 11.6 Å². The second-order valence-corrected chi connectivity index (χ2v) is 3.94. The fourth-order valence-corrected chi connectivity index (χ4v) is 1.47. The molecule has 4 N–H and O–H groups in total. The first-order valence-corrected chi connectivity index (χ1v) is 5.65. The number of hydrogen-bond acceptors (Lipinski definition) is 3. The molecule has 0 aliphatic rings. The molecule has 0 radical (unpaired) electrons. The number of benzene rings is 1. The van der Waals surface area contributed by atoms with E-state index < -0.39 is 29.5 Å². The number of carbonyl (C=O) groups excluding carboxylic acids is 2. The van der Waals surface area contributed by atoms with Gasteiger partial charge in [0.05, 0.1) is 19.1 Å². The van der Waals surface area contributed by atoms with Gasteiger partial charge in [-0.15, -0.1) is 12.4 Å². The molecule has 112 valence electrons. The number of rotatable bonds is 5. The van der Waals surface area contributed by atoms with Gasteiger partial charge in [-0.2, -0.15) is 0 Å². The lowest BCUT2D eigenvalue weighted by molar-refractivity contribution is -0.125. The molecule has 8 heteroatoms. The molecule has 0 aliphatic carbocycles. The summed E-state index contributed by atoms with van der Waals surface area (Å²) >= 11 is 0. The summed E-state index contributed by atoms with van der Waals surface area (Å²) < 4.78 is 26.2. The highest BCUT2D eigenvalue weighted by Crippen LogP contribution is 2.17. The van der Waals surface area contributed by atoms with Crippen molar-refractivity contribution in [3.05, 3.63) is 35.4 Å². The minimum Gasteiger partial charge on any atom is -0.348 e. The predicted octanol–water partition coefficient (Wildman–Crippen LogP) is 0.639. The van der Waals surface area contributed by atoms with Gasteiger partial charge in [0, 0.05) is 11.6 Å². The molecule has 0 spiro atoms. The average Bonchev–Trinajstić information content (AvgIpc) is 2.35. The van der Waals surface area contributed by atoms with Crippen molar-refractivity contribution in [2.24, 2.45) is 5.73 Å². The SMILES string of the molecule is CC(NC(=O)CNC(=O)CN)c1ccc(F)cc1F.Cl. The van der Waals surface area contributed by atoms with Crippen LogP contribution in [0.25, 0.3) is 0 Å². The summed E-state index contributed by atoms with van der Waals surface area (Å²) in [6, 6.07) is 2.47. The highest BCUT2D eigenvalue weighted by Gasteiger charge is 2.14. The Morgan fingerprint density at radius 3 is 2.50 bits per heavy atom. The first-order valence-electron chi connectivity index (χ1n) is 5.65. The summed E-state index contributed by atoms with van der Waals surface area (Å²) in [5, 5.41) is 4.76. The van der Waals surface area contributed by atoms with Crippen molar-refractivity contribution in [1.82, 2.24) is 10.6 Å². The van der Waals surface area contributed by atoms with Crippen molar-refractivity contribution in [3.63, 3.8) is 0 Å². The van der Waals surface area contributed by atoms with Crippen molar-refractivity contribution < 1.29 is 18.4 Å². The Kier molecular flexibility index (Phi) is 7.71. The van der Waals surface area contributed by atoms with Crippen LogP contribution in [-0.2, 0) is 9.59 Å². The molecule has 2 amide bonds. The normalized spacial score (nSPS) is 11.2. The number of nitrogens with one attached hydrogen (secondary N) is 2. The summed E-state index contributed by atoms with van der Waals surface area (Å²) in [5.74, 6) is -2.37. The Morgan fingerprint density at radius 2 is 1.95 bits per heavy atom. The van der Waals surface area contributed by atoms with E-state index in [9.17, 15) is 18.4 Å². The minimum absolute atomic E-state index is 0. The lowest BCUT2D eigenvalue weighted by Gasteiger charge is -2.15. The van der Waals surface area contributed by atoms with Gasteiger partial charge in [-0.1, -0.05) is 6.07 Å². The summed E-state index contributed by atoms with van der Waals surface area (Å²) in [4.78, 5) is 22.3. The van der Waals surface area contributed by atoms with Gasteiger partial charge in [-0.05, 0) is 13.0 Å². The molecule has 0 bridgehead atoms. The van der Waals surface area contributed by atoms with Gasteiger partial charge in [0.2, 0.25) is 11.8 Å². The average molecular weight is 308 g/mol. The largest absolute Gasteiger partial charge is 0.348 e. The first kappa shape index (κ1) is 18.3. The van der Waals surface area contributed by atoms with Gasteiger partial charge in [0.15, 0.2) is 0 Å². The summed E-state index contributed by atoms with van der Waals surface area (Å²) in [7, 11) is 0. The highest BCUT2D eigenvalue weighted by atomic mass is 35.5. The summed E-state index contributed by atoms with van der Waals surface area (Å²) in [6.45, 7) is 1.09. The Labute approximate surface area is 121 Å². The Morgan fingerprint density at radius 1 is 1.30 bits per heavy atom. The van der Waals surface area contributed by atoms with Gasteiger partial charge in [-0.3, -0.25) is 9.59 Å². The van der Waals surface area contributed by atoms with Crippen LogP contribution in [0, 0.1) is 11.6 Å². The second kappa shape index (κ2) is 8.44. The van der Waals surface area contributed by atoms with Crippen LogP contribution in [0.4, 0.5) is 8.78 Å².